The van der Waals surface area contributed by atoms with Crippen LogP contribution in [0.2, 0.25) is 0 Å². The SMILES string of the molecule is CCCCCCc1ccc(C(=O)N2CCSC2c2cccc(OCc3ccccc3)c2)cc1. The number of carbonyl (C=O) groups excluding carboxylic acids is 1. The Morgan fingerprint density at radius 3 is 2.55 bits per heavy atom. The van der Waals surface area contributed by atoms with Gasteiger partial charge in [0.1, 0.15) is 17.7 Å². The van der Waals surface area contributed by atoms with Gasteiger partial charge < -0.3 is 9.64 Å². The van der Waals surface area contributed by atoms with Crippen molar-refractivity contribution in [2.75, 3.05) is 12.3 Å². The molecule has 0 saturated carbocycles. The maximum absolute atomic E-state index is 13.3. The summed E-state index contributed by atoms with van der Waals surface area (Å²) in [5, 5.41) is 0.0199. The first-order valence-electron chi connectivity index (χ1n) is 12.0. The molecule has 0 radical (unpaired) electrons. The van der Waals surface area contributed by atoms with E-state index in [9.17, 15) is 4.79 Å². The topological polar surface area (TPSA) is 29.5 Å². The Balaban J connectivity index is 1.39. The van der Waals surface area contributed by atoms with Gasteiger partial charge in [-0.3, -0.25) is 4.79 Å². The highest BCUT2D eigenvalue weighted by Gasteiger charge is 2.31. The number of ether oxygens (including phenoxy) is 1. The van der Waals surface area contributed by atoms with Crippen molar-refractivity contribution in [2.24, 2.45) is 0 Å². The van der Waals surface area contributed by atoms with Crippen molar-refractivity contribution in [3.63, 3.8) is 0 Å². The monoisotopic (exact) mass is 459 g/mol. The Hall–Kier alpha value is -2.72. The molecule has 3 nitrogen and oxygen atoms in total. The number of hydrogen-bond acceptors (Lipinski definition) is 3. The van der Waals surface area contributed by atoms with Crippen molar-refractivity contribution in [1.82, 2.24) is 4.90 Å². The number of unbranched alkanes of at least 4 members (excludes halogenated alkanes) is 3. The van der Waals surface area contributed by atoms with E-state index in [2.05, 4.69) is 43.3 Å². The van der Waals surface area contributed by atoms with E-state index in [1.54, 1.807) is 0 Å². The molecule has 4 heteroatoms. The van der Waals surface area contributed by atoms with Gasteiger partial charge in [-0.05, 0) is 53.8 Å². The van der Waals surface area contributed by atoms with Crippen LogP contribution in [0.1, 0.15) is 65.0 Å². The van der Waals surface area contributed by atoms with Gasteiger partial charge in [-0.2, -0.15) is 0 Å². The summed E-state index contributed by atoms with van der Waals surface area (Å²) in [7, 11) is 0. The van der Waals surface area contributed by atoms with Gasteiger partial charge in [0.25, 0.3) is 5.91 Å². The number of thioether (sulfide) groups is 1. The van der Waals surface area contributed by atoms with E-state index in [4.69, 9.17) is 4.74 Å². The zero-order valence-electron chi connectivity index (χ0n) is 19.4. The van der Waals surface area contributed by atoms with E-state index in [-0.39, 0.29) is 11.3 Å². The second-order valence-electron chi connectivity index (χ2n) is 8.58. The molecule has 1 unspecified atom stereocenters. The van der Waals surface area contributed by atoms with E-state index in [0.717, 1.165) is 41.2 Å². The number of benzene rings is 3. The maximum Gasteiger partial charge on any atom is 0.255 e. The highest BCUT2D eigenvalue weighted by Crippen LogP contribution is 2.39. The summed E-state index contributed by atoms with van der Waals surface area (Å²) in [6.07, 6.45) is 6.13. The van der Waals surface area contributed by atoms with Crippen LogP contribution in [0.25, 0.3) is 0 Å². The molecule has 33 heavy (non-hydrogen) atoms. The summed E-state index contributed by atoms with van der Waals surface area (Å²) in [6.45, 7) is 3.54. The molecule has 4 rings (SSSR count). The van der Waals surface area contributed by atoms with Crippen LogP contribution in [0.3, 0.4) is 0 Å². The fraction of sp³-hybridized carbons (Fsp3) is 0.345. The summed E-state index contributed by atoms with van der Waals surface area (Å²) < 4.78 is 6.02. The first-order valence-corrected chi connectivity index (χ1v) is 13.1. The number of amides is 1. The third-order valence-corrected chi connectivity index (χ3v) is 7.32. The van der Waals surface area contributed by atoms with E-state index in [0.29, 0.717) is 6.61 Å². The first kappa shape index (κ1) is 23.4. The van der Waals surface area contributed by atoms with Gasteiger partial charge in [-0.25, -0.2) is 0 Å². The molecule has 0 aromatic heterocycles. The van der Waals surface area contributed by atoms with Gasteiger partial charge in [-0.15, -0.1) is 11.8 Å². The standard InChI is InChI=1S/C29H33NO2S/c1-2-3-4-6-10-23-15-17-25(18-16-23)28(31)30-19-20-33-29(30)26-13-9-14-27(21-26)32-22-24-11-7-5-8-12-24/h5,7-9,11-18,21,29H,2-4,6,10,19-20,22H2,1H3. The normalized spacial score (nSPS) is 15.5. The molecule has 3 aromatic rings. The molecule has 1 amide bonds. The molecule has 0 N–H and O–H groups in total. The average molecular weight is 460 g/mol. The number of aryl methyl sites for hydroxylation is 1. The van der Waals surface area contributed by atoms with Crippen LogP contribution in [-0.4, -0.2) is 23.1 Å². The average Bonchev–Trinajstić information content (AvgIpc) is 3.36. The van der Waals surface area contributed by atoms with Gasteiger partial charge in [0.2, 0.25) is 0 Å². The van der Waals surface area contributed by atoms with E-state index in [1.807, 2.05) is 59.1 Å². The molecule has 0 bridgehead atoms. The molecule has 1 aliphatic rings. The second kappa shape index (κ2) is 11.9. The molecule has 3 aromatic carbocycles. The third-order valence-electron chi connectivity index (χ3n) is 6.06. The minimum atomic E-state index is 0.0199. The smallest absolute Gasteiger partial charge is 0.255 e. The fourth-order valence-electron chi connectivity index (χ4n) is 4.19. The molecule has 1 fully saturated rings. The third kappa shape index (κ3) is 6.42. The lowest BCUT2D eigenvalue weighted by molar-refractivity contribution is 0.0760. The van der Waals surface area contributed by atoms with Crippen molar-refractivity contribution in [3.8, 4) is 5.75 Å². The van der Waals surface area contributed by atoms with Gasteiger partial charge in [0.15, 0.2) is 0 Å². The van der Waals surface area contributed by atoms with Crippen LogP contribution in [0, 0.1) is 0 Å². The lowest BCUT2D eigenvalue weighted by Gasteiger charge is -2.24. The summed E-state index contributed by atoms with van der Waals surface area (Å²) in [5.41, 5.74) is 4.35. The zero-order valence-corrected chi connectivity index (χ0v) is 20.2. The molecule has 0 spiro atoms. The number of hydrogen-bond donors (Lipinski definition) is 0. The van der Waals surface area contributed by atoms with Gasteiger partial charge in [0, 0.05) is 17.9 Å². The Morgan fingerprint density at radius 1 is 0.939 bits per heavy atom. The van der Waals surface area contributed by atoms with Gasteiger partial charge in [0.05, 0.1) is 0 Å². The van der Waals surface area contributed by atoms with E-state index in [1.165, 1.54) is 31.2 Å². The Labute approximate surface area is 202 Å². The predicted molar refractivity (Wildman–Crippen MR) is 138 cm³/mol. The minimum absolute atomic E-state index is 0.0199. The van der Waals surface area contributed by atoms with Crippen LogP contribution in [0.4, 0.5) is 0 Å². The number of nitrogens with zero attached hydrogens (tertiary/aromatic N) is 1. The highest BCUT2D eigenvalue weighted by molar-refractivity contribution is 7.99. The van der Waals surface area contributed by atoms with Gasteiger partial charge >= 0.3 is 0 Å². The van der Waals surface area contributed by atoms with Crippen LogP contribution in [0.5, 0.6) is 5.75 Å². The molecule has 172 valence electrons. The van der Waals surface area contributed by atoms with Crippen LogP contribution >= 0.6 is 11.8 Å². The fourth-order valence-corrected chi connectivity index (χ4v) is 5.43. The molecule has 1 atom stereocenters. The molecular formula is C29H33NO2S. The largest absolute Gasteiger partial charge is 0.489 e. The van der Waals surface area contributed by atoms with Crippen LogP contribution < -0.4 is 4.74 Å². The van der Waals surface area contributed by atoms with Crippen LogP contribution in [-0.2, 0) is 13.0 Å². The second-order valence-corrected chi connectivity index (χ2v) is 9.76. The Morgan fingerprint density at radius 2 is 1.76 bits per heavy atom. The molecule has 1 saturated heterocycles. The maximum atomic E-state index is 13.3. The summed E-state index contributed by atoms with van der Waals surface area (Å²) in [5.74, 6) is 1.89. The van der Waals surface area contributed by atoms with Crippen molar-refractivity contribution in [3.05, 3.63) is 101 Å². The highest BCUT2D eigenvalue weighted by atomic mass is 32.2. The zero-order chi connectivity index (χ0) is 22.9. The predicted octanol–water partition coefficient (Wildman–Crippen LogP) is 7.28. The minimum Gasteiger partial charge on any atom is -0.489 e. The summed E-state index contributed by atoms with van der Waals surface area (Å²) in [4.78, 5) is 15.3. The number of carbonyl (C=O) groups is 1. The van der Waals surface area contributed by atoms with Crippen LogP contribution in [0.15, 0.2) is 78.9 Å². The summed E-state index contributed by atoms with van der Waals surface area (Å²) >= 11 is 1.82. The molecule has 0 aliphatic carbocycles. The van der Waals surface area contributed by atoms with E-state index < -0.39 is 0 Å². The molecular weight excluding hydrogens is 426 g/mol. The van der Waals surface area contributed by atoms with Crippen molar-refractivity contribution >= 4 is 17.7 Å². The van der Waals surface area contributed by atoms with E-state index >= 15 is 0 Å². The molecule has 1 heterocycles. The van der Waals surface area contributed by atoms with Crippen molar-refractivity contribution in [1.29, 1.82) is 0 Å². The Bertz CT molecular complexity index is 1020. The lowest BCUT2D eigenvalue weighted by Crippen LogP contribution is -2.30. The molecule has 1 aliphatic heterocycles. The lowest BCUT2D eigenvalue weighted by atomic mass is 10.0. The van der Waals surface area contributed by atoms with Gasteiger partial charge in [-0.1, -0.05) is 80.8 Å². The number of rotatable bonds is 10. The van der Waals surface area contributed by atoms with Crippen molar-refractivity contribution < 1.29 is 9.53 Å². The Kier molecular flexibility index (Phi) is 8.48. The summed E-state index contributed by atoms with van der Waals surface area (Å²) in [6, 6.07) is 26.6. The first-order chi connectivity index (χ1) is 16.2. The van der Waals surface area contributed by atoms with Crippen molar-refractivity contribution in [2.45, 2.75) is 51.0 Å². The quantitative estimate of drug-likeness (QED) is 0.298.